The molecule has 112 valence electrons. The van der Waals surface area contributed by atoms with Crippen LogP contribution in [0.25, 0.3) is 0 Å². The number of nitrogens with one attached hydrogen (secondary N) is 1. The summed E-state index contributed by atoms with van der Waals surface area (Å²) in [5.41, 5.74) is 6.89. The van der Waals surface area contributed by atoms with Crippen molar-refractivity contribution >= 4 is 16.8 Å². The molecule has 1 aliphatic heterocycles. The minimum atomic E-state index is -0.689. The molecule has 1 aromatic carbocycles. The van der Waals surface area contributed by atoms with Crippen molar-refractivity contribution in [3.8, 4) is 23.6 Å². The molecule has 0 bridgehead atoms. The number of ether oxygens (including phenoxy) is 2. The van der Waals surface area contributed by atoms with Gasteiger partial charge in [0.25, 0.3) is 0 Å². The number of benzene rings is 1. The van der Waals surface area contributed by atoms with Crippen molar-refractivity contribution in [2.24, 2.45) is 11.7 Å². The Labute approximate surface area is 132 Å². The van der Waals surface area contributed by atoms with Crippen molar-refractivity contribution in [3.63, 3.8) is 0 Å². The number of nitrogens with zero attached hydrogens (tertiary/aromatic N) is 2. The summed E-state index contributed by atoms with van der Waals surface area (Å²) in [5.74, 6) is 0.490. The fraction of sp³-hybridized carbons (Fsp3) is 0.267. The van der Waals surface area contributed by atoms with Crippen molar-refractivity contribution in [2.75, 3.05) is 14.2 Å². The lowest BCUT2D eigenvalue weighted by molar-refractivity contribution is 0.393. The predicted octanol–water partition coefficient (Wildman–Crippen LogP) is 2.35. The summed E-state index contributed by atoms with van der Waals surface area (Å²) in [7, 11) is 3.08. The van der Waals surface area contributed by atoms with E-state index in [1.165, 1.54) is 0 Å². The summed E-state index contributed by atoms with van der Waals surface area (Å²) in [6.07, 6.45) is 0. The molecule has 0 saturated heterocycles. The summed E-state index contributed by atoms with van der Waals surface area (Å²) in [5, 5.41) is 26.1. The van der Waals surface area contributed by atoms with Crippen molar-refractivity contribution in [2.45, 2.75) is 5.25 Å². The first kappa shape index (κ1) is 15.7. The van der Waals surface area contributed by atoms with Gasteiger partial charge in [-0.05, 0) is 17.7 Å². The minimum absolute atomic E-state index is 0.0679. The number of nitrogens with two attached hydrogens (primary N) is 1. The van der Waals surface area contributed by atoms with Gasteiger partial charge in [-0.15, -0.1) is 0 Å². The van der Waals surface area contributed by atoms with Gasteiger partial charge < -0.3 is 15.2 Å². The largest absolute Gasteiger partial charge is 0.497 e. The summed E-state index contributed by atoms with van der Waals surface area (Å²) < 4.78 is 10.5. The minimum Gasteiger partial charge on any atom is -0.497 e. The van der Waals surface area contributed by atoms with E-state index < -0.39 is 11.2 Å². The molecule has 1 aromatic rings. The van der Waals surface area contributed by atoms with Crippen molar-refractivity contribution in [3.05, 3.63) is 35.0 Å². The molecule has 0 saturated carbocycles. The van der Waals surface area contributed by atoms with Gasteiger partial charge in [0, 0.05) is 11.8 Å². The van der Waals surface area contributed by atoms with Crippen LogP contribution in [0.4, 0.5) is 0 Å². The average Bonchev–Trinajstić information content (AvgIpc) is 2.54. The zero-order valence-electron chi connectivity index (χ0n) is 12.1. The van der Waals surface area contributed by atoms with Crippen LogP contribution in [0.1, 0.15) is 10.8 Å². The Morgan fingerprint density at radius 3 is 2.23 bits per heavy atom. The van der Waals surface area contributed by atoms with Gasteiger partial charge in [0.05, 0.1) is 25.5 Å². The highest BCUT2D eigenvalue weighted by molar-refractivity contribution is 8.14. The van der Waals surface area contributed by atoms with E-state index in [1.54, 1.807) is 32.4 Å². The maximum absolute atomic E-state index is 9.43. The SMILES string of the molecule is COc1cc(OC)cc(C2SC(=N)C(C#N)=C(N)C2C#N)c1. The Kier molecular flexibility index (Phi) is 4.59. The summed E-state index contributed by atoms with van der Waals surface area (Å²) in [4.78, 5) is 0. The summed E-state index contributed by atoms with van der Waals surface area (Å²) >= 11 is 1.14. The molecule has 0 amide bonds. The van der Waals surface area contributed by atoms with Crippen LogP contribution in [0.15, 0.2) is 29.5 Å². The van der Waals surface area contributed by atoms with Gasteiger partial charge in [-0.2, -0.15) is 10.5 Å². The topological polar surface area (TPSA) is 116 Å². The summed E-state index contributed by atoms with van der Waals surface area (Å²) in [6.45, 7) is 0. The van der Waals surface area contributed by atoms with E-state index in [0.29, 0.717) is 11.5 Å². The maximum Gasteiger partial charge on any atom is 0.122 e. The normalized spacial score (nSPS) is 21.0. The third kappa shape index (κ3) is 2.72. The molecular formula is C15H14N4O2S. The second-order valence-electron chi connectivity index (χ2n) is 4.56. The number of methoxy groups -OCH3 is 2. The maximum atomic E-state index is 9.43. The highest BCUT2D eigenvalue weighted by atomic mass is 32.2. The first-order valence-electron chi connectivity index (χ1n) is 6.33. The molecule has 0 fully saturated rings. The number of rotatable bonds is 3. The predicted molar refractivity (Wildman–Crippen MR) is 83.5 cm³/mol. The second kappa shape index (κ2) is 6.42. The van der Waals surface area contributed by atoms with Gasteiger partial charge in [0.15, 0.2) is 0 Å². The smallest absolute Gasteiger partial charge is 0.122 e. The molecule has 0 spiro atoms. The number of hydrogen-bond donors (Lipinski definition) is 2. The number of hydrogen-bond acceptors (Lipinski definition) is 7. The monoisotopic (exact) mass is 314 g/mol. The average molecular weight is 314 g/mol. The lowest BCUT2D eigenvalue weighted by atomic mass is 9.93. The van der Waals surface area contributed by atoms with Crippen LogP contribution in [-0.4, -0.2) is 19.3 Å². The number of thioether (sulfide) groups is 1. The van der Waals surface area contributed by atoms with Crippen molar-refractivity contribution < 1.29 is 9.47 Å². The Morgan fingerprint density at radius 1 is 1.18 bits per heavy atom. The van der Waals surface area contributed by atoms with Gasteiger partial charge in [-0.1, -0.05) is 11.8 Å². The van der Waals surface area contributed by atoms with Crippen LogP contribution in [0.3, 0.4) is 0 Å². The molecule has 0 aromatic heterocycles. The molecule has 2 unspecified atom stereocenters. The molecule has 7 heteroatoms. The molecule has 1 aliphatic rings. The van der Waals surface area contributed by atoms with Crippen molar-refractivity contribution in [1.82, 2.24) is 0 Å². The Balaban J connectivity index is 2.54. The molecule has 1 heterocycles. The molecule has 2 atom stereocenters. The number of nitriles is 2. The van der Waals surface area contributed by atoms with Gasteiger partial charge in [0.2, 0.25) is 0 Å². The first-order chi connectivity index (χ1) is 10.5. The third-order valence-corrected chi connectivity index (χ3v) is 4.59. The van der Waals surface area contributed by atoms with Crippen LogP contribution in [0, 0.1) is 34.0 Å². The zero-order chi connectivity index (χ0) is 16.3. The standard InChI is InChI=1S/C15H14N4O2S/c1-20-9-3-8(4-10(5-9)21-2)14-11(6-16)13(18)12(7-17)15(19)22-14/h3-5,11,14,19H,18H2,1-2H3. The quantitative estimate of drug-likeness (QED) is 0.884. The Morgan fingerprint density at radius 2 is 1.77 bits per heavy atom. The van der Waals surface area contributed by atoms with E-state index in [-0.39, 0.29) is 16.3 Å². The fourth-order valence-electron chi connectivity index (χ4n) is 2.21. The van der Waals surface area contributed by atoms with E-state index in [1.807, 2.05) is 6.07 Å². The highest BCUT2D eigenvalue weighted by Crippen LogP contribution is 2.46. The van der Waals surface area contributed by atoms with Crippen LogP contribution in [0.5, 0.6) is 11.5 Å². The van der Waals surface area contributed by atoms with E-state index >= 15 is 0 Å². The highest BCUT2D eigenvalue weighted by Gasteiger charge is 2.35. The van der Waals surface area contributed by atoms with Crippen molar-refractivity contribution in [1.29, 1.82) is 15.9 Å². The first-order valence-corrected chi connectivity index (χ1v) is 7.21. The molecule has 0 radical (unpaired) electrons. The molecule has 3 N–H and O–H groups in total. The zero-order valence-corrected chi connectivity index (χ0v) is 12.9. The van der Waals surface area contributed by atoms with Crippen LogP contribution < -0.4 is 15.2 Å². The number of allylic oxidation sites excluding steroid dienone is 1. The van der Waals surface area contributed by atoms with E-state index in [2.05, 4.69) is 6.07 Å². The second-order valence-corrected chi connectivity index (χ2v) is 5.71. The van der Waals surface area contributed by atoms with E-state index in [4.69, 9.17) is 25.9 Å². The molecule has 0 aliphatic carbocycles. The molecule has 22 heavy (non-hydrogen) atoms. The fourth-order valence-corrected chi connectivity index (χ4v) is 3.36. The van der Waals surface area contributed by atoms with Gasteiger partial charge in [0.1, 0.15) is 34.1 Å². The van der Waals surface area contributed by atoms with Gasteiger partial charge in [-0.25, -0.2) is 0 Å². The Bertz CT molecular complexity index is 708. The Hall–Kier alpha value is -2.64. The van der Waals surface area contributed by atoms with Gasteiger partial charge >= 0.3 is 0 Å². The van der Waals surface area contributed by atoms with E-state index in [0.717, 1.165) is 17.3 Å². The van der Waals surface area contributed by atoms with Crippen LogP contribution >= 0.6 is 11.8 Å². The van der Waals surface area contributed by atoms with Gasteiger partial charge in [-0.3, -0.25) is 5.41 Å². The van der Waals surface area contributed by atoms with Crippen LogP contribution in [-0.2, 0) is 0 Å². The van der Waals surface area contributed by atoms with E-state index in [9.17, 15) is 5.26 Å². The van der Waals surface area contributed by atoms with Crippen LogP contribution in [0.2, 0.25) is 0 Å². The molecule has 2 rings (SSSR count). The molecular weight excluding hydrogens is 300 g/mol. The molecule has 6 nitrogen and oxygen atoms in total. The summed E-state index contributed by atoms with van der Waals surface area (Å²) in [6, 6.07) is 9.31. The third-order valence-electron chi connectivity index (χ3n) is 3.35. The lowest BCUT2D eigenvalue weighted by Crippen LogP contribution is -2.26. The lowest BCUT2D eigenvalue weighted by Gasteiger charge is -2.28.